The van der Waals surface area contributed by atoms with Gasteiger partial charge < -0.3 is 20.0 Å². The standard InChI is InChI=1S/C77H54N6O6/c84-73-63(71(75(86)87)78-82(73)57-21-9-3-10-22-57)39-47-25-31-59-61-33-27-51(49-29-35-69-53(43-49)15-13-37-80(69)55-17-5-1-6-18-55)45-67(61)77(65(59)41-47)66-42-48(40-64-72(76(88)89)79-83(74(64)85)58-23-11-4-12-24-58)26-32-60(66)62-34-28-52(46-68(62)77)50-30-36-70-54(44-50)16-14-38-81(70)56-19-7-2-8-20-56/h1-12,17-36,39-46H,13-16,37-38H2,(H,86,87)(H,88,89)/b63-39-,64-40-. The lowest BCUT2D eigenvalue weighted by Gasteiger charge is -2.33. The maximum absolute atomic E-state index is 14.5. The second-order valence-corrected chi connectivity index (χ2v) is 23.3. The predicted molar refractivity (Wildman–Crippen MR) is 351 cm³/mol. The smallest absolute Gasteiger partial charge is 0.357 e. The van der Waals surface area contributed by atoms with Gasteiger partial charge in [0.25, 0.3) is 11.8 Å². The second kappa shape index (κ2) is 20.9. The van der Waals surface area contributed by atoms with E-state index in [4.69, 9.17) is 0 Å². The van der Waals surface area contributed by atoms with Crippen LogP contribution in [0.5, 0.6) is 0 Å². The highest BCUT2D eigenvalue weighted by molar-refractivity contribution is 6.54. The zero-order chi connectivity index (χ0) is 60.1. The number of carbonyl (C=O) groups is 4. The highest BCUT2D eigenvalue weighted by Crippen LogP contribution is 2.64. The number of carboxylic acids is 2. The number of aryl methyl sites for hydroxylation is 2. The van der Waals surface area contributed by atoms with Crippen LogP contribution in [-0.2, 0) is 37.4 Å². The van der Waals surface area contributed by atoms with Crippen molar-refractivity contribution in [2.45, 2.75) is 31.1 Å². The van der Waals surface area contributed by atoms with Crippen LogP contribution in [0.2, 0.25) is 0 Å². The van der Waals surface area contributed by atoms with Crippen molar-refractivity contribution in [1.82, 2.24) is 0 Å². The van der Waals surface area contributed by atoms with Gasteiger partial charge in [0, 0.05) is 35.8 Å². The molecule has 2 N–H and O–H groups in total. The summed E-state index contributed by atoms with van der Waals surface area (Å²) < 4.78 is 0. The maximum atomic E-state index is 14.5. The Labute approximate surface area is 513 Å². The monoisotopic (exact) mass is 1160 g/mol. The van der Waals surface area contributed by atoms with E-state index in [1.807, 2.05) is 36.4 Å². The van der Waals surface area contributed by atoms with Crippen LogP contribution < -0.4 is 19.8 Å². The number of anilines is 6. The third kappa shape index (κ3) is 8.58. The lowest BCUT2D eigenvalue weighted by atomic mass is 9.69. The first kappa shape index (κ1) is 53.0. The van der Waals surface area contributed by atoms with Gasteiger partial charge in [-0.25, -0.2) is 9.59 Å². The summed E-state index contributed by atoms with van der Waals surface area (Å²) in [5.74, 6) is -3.80. The Morgan fingerprint density at radius 3 is 1.11 bits per heavy atom. The molecule has 0 aromatic heterocycles. The van der Waals surface area contributed by atoms with Crippen LogP contribution in [0.1, 0.15) is 57.3 Å². The fourth-order valence-corrected chi connectivity index (χ4v) is 14.3. The average molecular weight is 1160 g/mol. The van der Waals surface area contributed by atoms with E-state index >= 15 is 0 Å². The highest BCUT2D eigenvalue weighted by Gasteiger charge is 2.52. The lowest BCUT2D eigenvalue weighted by molar-refractivity contribution is -0.130. The van der Waals surface area contributed by atoms with Crippen LogP contribution in [0.25, 0.3) is 56.7 Å². The van der Waals surface area contributed by atoms with Crippen molar-refractivity contribution in [1.29, 1.82) is 0 Å². The Bertz CT molecular complexity index is 4500. The molecule has 12 nitrogen and oxygen atoms in total. The van der Waals surface area contributed by atoms with E-state index < -0.39 is 29.2 Å². The van der Waals surface area contributed by atoms with Crippen molar-refractivity contribution in [3.05, 3.63) is 286 Å². The molecule has 6 aliphatic rings. The van der Waals surface area contributed by atoms with Gasteiger partial charge in [-0.05, 0) is 224 Å². The van der Waals surface area contributed by atoms with E-state index in [2.05, 4.69) is 166 Å². The molecule has 10 aromatic carbocycles. The number of aliphatic carboxylic acids is 2. The number of benzene rings is 10. The molecule has 0 unspecified atom stereocenters. The van der Waals surface area contributed by atoms with Gasteiger partial charge >= 0.3 is 11.9 Å². The summed E-state index contributed by atoms with van der Waals surface area (Å²) >= 11 is 0. The molecule has 4 heterocycles. The first-order valence-electron chi connectivity index (χ1n) is 30.0. The minimum Gasteiger partial charge on any atom is -0.476 e. The SMILES string of the molecule is O=C(O)C1=NN(c2ccccc2)C(=O)/C1=C\c1ccc2c(c1)C1(c3cc(/C=C4\C(=O)N(c5ccccc5)N=C4C(=O)O)ccc3-c3ccc(-c4ccc5c(c4)CCCN5c4ccccc4)cc31)c1cc(-c3ccc4c(c3)CCCN4c3ccccc3)ccc1-2. The molecule has 0 atom stereocenters. The fourth-order valence-electron chi connectivity index (χ4n) is 14.3. The van der Waals surface area contributed by atoms with Gasteiger partial charge in [0.2, 0.25) is 0 Å². The van der Waals surface area contributed by atoms with E-state index in [0.717, 1.165) is 127 Å². The molecule has 2 amide bonds. The van der Waals surface area contributed by atoms with E-state index in [-0.39, 0.29) is 22.6 Å². The average Bonchev–Trinajstić information content (AvgIpc) is 1.51. The number of amides is 2. The maximum Gasteiger partial charge on any atom is 0.357 e. The molecular formula is C77H54N6O6. The van der Waals surface area contributed by atoms with Crippen LogP contribution in [0.3, 0.4) is 0 Å². The number of carbonyl (C=O) groups excluding carboxylic acids is 2. The number of fused-ring (bicyclic) bond motifs is 12. The number of hydrazone groups is 2. The van der Waals surface area contributed by atoms with Crippen LogP contribution >= 0.6 is 0 Å². The van der Waals surface area contributed by atoms with Gasteiger partial charge in [-0.3, -0.25) is 9.59 Å². The van der Waals surface area contributed by atoms with Gasteiger partial charge in [-0.1, -0.05) is 133 Å². The summed E-state index contributed by atoms with van der Waals surface area (Å²) in [4.78, 5) is 59.9. The first-order chi connectivity index (χ1) is 43.6. The largest absolute Gasteiger partial charge is 0.476 e. The summed E-state index contributed by atoms with van der Waals surface area (Å²) in [5, 5.41) is 32.3. The fraction of sp³-hybridized carbons (Fsp3) is 0.0909. The summed E-state index contributed by atoms with van der Waals surface area (Å²) in [6.45, 7) is 1.83. The molecule has 0 saturated carbocycles. The molecule has 0 radical (unpaired) electrons. The van der Waals surface area contributed by atoms with Gasteiger partial charge in [-0.2, -0.15) is 20.2 Å². The van der Waals surface area contributed by atoms with E-state index in [1.54, 1.807) is 60.7 Å². The van der Waals surface area contributed by atoms with Gasteiger partial charge in [0.15, 0.2) is 11.4 Å². The molecule has 89 heavy (non-hydrogen) atoms. The third-order valence-corrected chi connectivity index (χ3v) is 18.3. The van der Waals surface area contributed by atoms with Crippen molar-refractivity contribution in [2.75, 3.05) is 32.9 Å². The number of hydrogen-bond acceptors (Lipinski definition) is 8. The Balaban J connectivity index is 0.920. The minimum absolute atomic E-state index is 0.0604. The van der Waals surface area contributed by atoms with Crippen molar-refractivity contribution in [2.24, 2.45) is 10.2 Å². The second-order valence-electron chi connectivity index (χ2n) is 23.3. The molecule has 16 rings (SSSR count). The number of rotatable bonds is 10. The molecule has 10 aromatic rings. The van der Waals surface area contributed by atoms with Gasteiger partial charge in [-0.15, -0.1) is 0 Å². The number of para-hydroxylation sites is 4. The molecule has 12 heteroatoms. The number of carboxylic acid groups (broad SMARTS) is 2. The summed E-state index contributed by atoms with van der Waals surface area (Å²) in [5.41, 5.74) is 19.1. The third-order valence-electron chi connectivity index (χ3n) is 18.3. The lowest BCUT2D eigenvalue weighted by Crippen LogP contribution is -2.26. The van der Waals surface area contributed by atoms with Crippen LogP contribution in [-0.4, -0.2) is 58.5 Å². The molecule has 2 aliphatic carbocycles. The van der Waals surface area contributed by atoms with Gasteiger partial charge in [0.05, 0.1) is 27.9 Å². The molecule has 428 valence electrons. The van der Waals surface area contributed by atoms with Crippen molar-refractivity contribution in [3.8, 4) is 44.5 Å². The molecule has 4 aliphatic heterocycles. The molecule has 0 bridgehead atoms. The normalized spacial score (nSPS) is 16.7. The summed E-state index contributed by atoms with van der Waals surface area (Å²) in [6.07, 6.45) is 7.12. The number of hydrogen-bond donors (Lipinski definition) is 2. The summed E-state index contributed by atoms with van der Waals surface area (Å²) in [7, 11) is 0. The van der Waals surface area contributed by atoms with Gasteiger partial charge in [0.1, 0.15) is 0 Å². The Hall–Kier alpha value is -11.5. The van der Waals surface area contributed by atoms with Crippen LogP contribution in [0.4, 0.5) is 34.1 Å². The van der Waals surface area contributed by atoms with E-state index in [9.17, 15) is 29.4 Å². The molecule has 0 saturated heterocycles. The number of nitrogens with zero attached hydrogens (tertiary/aromatic N) is 6. The van der Waals surface area contributed by atoms with Crippen LogP contribution in [0, 0.1) is 0 Å². The Kier molecular flexibility index (Phi) is 12.4. The van der Waals surface area contributed by atoms with Crippen LogP contribution in [0.15, 0.2) is 252 Å². The summed E-state index contributed by atoms with van der Waals surface area (Å²) in [6, 6.07) is 77.8. The molecule has 0 fully saturated rings. The Morgan fingerprint density at radius 2 is 0.730 bits per heavy atom. The van der Waals surface area contributed by atoms with E-state index in [1.165, 1.54) is 22.5 Å². The van der Waals surface area contributed by atoms with E-state index in [0.29, 0.717) is 22.5 Å². The highest BCUT2D eigenvalue weighted by atomic mass is 16.4. The van der Waals surface area contributed by atoms with Crippen molar-refractivity contribution < 1.29 is 29.4 Å². The van der Waals surface area contributed by atoms with Crippen molar-refractivity contribution >= 4 is 81.5 Å². The predicted octanol–water partition coefficient (Wildman–Crippen LogP) is 15.3. The first-order valence-corrected chi connectivity index (χ1v) is 30.0. The molecule has 1 spiro atoms. The minimum atomic E-state index is -1.33. The Morgan fingerprint density at radius 1 is 0.393 bits per heavy atom. The topological polar surface area (TPSA) is 146 Å². The zero-order valence-corrected chi connectivity index (χ0v) is 48.0. The quantitative estimate of drug-likeness (QED) is 0.129. The zero-order valence-electron chi connectivity index (χ0n) is 48.0. The molecular weight excluding hydrogens is 1100 g/mol. The van der Waals surface area contributed by atoms with Crippen molar-refractivity contribution in [3.63, 3.8) is 0 Å².